The van der Waals surface area contributed by atoms with E-state index >= 15 is 0 Å². The Bertz CT molecular complexity index is 915. The summed E-state index contributed by atoms with van der Waals surface area (Å²) in [6.45, 7) is 3.88. The highest BCUT2D eigenvalue weighted by Crippen LogP contribution is 2.51. The number of likely N-dealkylation sites (tertiary alicyclic amines) is 1. The average molecular weight is 403 g/mol. The Morgan fingerprint density at radius 1 is 1.03 bits per heavy atom. The Morgan fingerprint density at radius 2 is 1.70 bits per heavy atom. The van der Waals surface area contributed by atoms with Crippen LogP contribution in [0.5, 0.6) is 0 Å². The summed E-state index contributed by atoms with van der Waals surface area (Å²) in [6, 6.07) is 20.0. The van der Waals surface area contributed by atoms with E-state index < -0.39 is 5.60 Å². The van der Waals surface area contributed by atoms with Gasteiger partial charge in [-0.05, 0) is 53.7 Å². The van der Waals surface area contributed by atoms with Gasteiger partial charge in [-0.25, -0.2) is 0 Å². The van der Waals surface area contributed by atoms with E-state index in [1.807, 2.05) is 36.4 Å². The van der Waals surface area contributed by atoms with Gasteiger partial charge in [0.15, 0.2) is 5.60 Å². The zero-order valence-corrected chi connectivity index (χ0v) is 17.3. The number of hydrogen-bond acceptors (Lipinski definition) is 3. The van der Waals surface area contributed by atoms with Crippen LogP contribution in [0, 0.1) is 17.8 Å². The molecule has 4 nitrogen and oxygen atoms in total. The second kappa shape index (κ2) is 8.01. The molecule has 1 aliphatic heterocycles. The number of carbonyl (C=O) groups excluding carboxylic acids is 1. The Morgan fingerprint density at radius 3 is 2.33 bits per heavy atom. The van der Waals surface area contributed by atoms with Gasteiger partial charge < -0.3 is 10.4 Å². The standard InChI is InChI=1S/C26H30N2O2/c29-25(26(30,21-13-7-8-14-21)20-11-5-2-6-12-20)27-15-22-23-17-28(18-24(22)23)16-19-9-3-1-4-10-19/h1-6,9-13,22-24,30H,7-8,14-18H2,(H,27,29)/t22?,23?,24?,26-/m0/s1. The lowest BCUT2D eigenvalue weighted by molar-refractivity contribution is -0.137. The molecule has 4 heteroatoms. The summed E-state index contributed by atoms with van der Waals surface area (Å²) in [5.74, 6) is 1.61. The van der Waals surface area contributed by atoms with Crippen molar-refractivity contribution >= 4 is 5.91 Å². The minimum Gasteiger partial charge on any atom is -0.372 e. The summed E-state index contributed by atoms with van der Waals surface area (Å²) in [5, 5.41) is 14.6. The van der Waals surface area contributed by atoms with Crippen LogP contribution < -0.4 is 5.32 Å². The van der Waals surface area contributed by atoms with Crippen LogP contribution in [0.2, 0.25) is 0 Å². The summed E-state index contributed by atoms with van der Waals surface area (Å²) in [5.41, 5.74) is 1.33. The number of aliphatic hydroxyl groups is 1. The molecule has 2 aromatic rings. The Balaban J connectivity index is 1.18. The lowest BCUT2D eigenvalue weighted by atomic mass is 9.84. The minimum atomic E-state index is -1.54. The van der Waals surface area contributed by atoms with Gasteiger partial charge in [-0.3, -0.25) is 9.69 Å². The van der Waals surface area contributed by atoms with Crippen molar-refractivity contribution in [3.63, 3.8) is 0 Å². The van der Waals surface area contributed by atoms with Crippen molar-refractivity contribution in [2.24, 2.45) is 17.8 Å². The average Bonchev–Trinajstić information content (AvgIpc) is 3.17. The van der Waals surface area contributed by atoms with Crippen LogP contribution in [-0.4, -0.2) is 35.5 Å². The fraction of sp³-hybridized carbons (Fsp3) is 0.423. The first-order valence-corrected chi connectivity index (χ1v) is 11.2. The van der Waals surface area contributed by atoms with Gasteiger partial charge in [0.1, 0.15) is 0 Å². The maximum Gasteiger partial charge on any atom is 0.261 e. The van der Waals surface area contributed by atoms with E-state index in [4.69, 9.17) is 0 Å². The Hall–Kier alpha value is -2.43. The van der Waals surface area contributed by atoms with E-state index in [0.29, 0.717) is 29.9 Å². The van der Waals surface area contributed by atoms with Gasteiger partial charge in [-0.1, -0.05) is 66.7 Å². The van der Waals surface area contributed by atoms with Crippen molar-refractivity contribution in [2.75, 3.05) is 19.6 Å². The molecule has 1 saturated heterocycles. The first kappa shape index (κ1) is 19.5. The number of nitrogens with one attached hydrogen (secondary N) is 1. The normalized spacial score (nSPS) is 27.2. The zero-order valence-electron chi connectivity index (χ0n) is 17.3. The number of fused-ring (bicyclic) bond motifs is 1. The number of nitrogens with zero attached hydrogens (tertiary/aromatic N) is 1. The van der Waals surface area contributed by atoms with E-state index in [9.17, 15) is 9.90 Å². The molecule has 30 heavy (non-hydrogen) atoms. The largest absolute Gasteiger partial charge is 0.372 e. The number of amides is 1. The van der Waals surface area contributed by atoms with Crippen molar-refractivity contribution in [3.8, 4) is 0 Å². The summed E-state index contributed by atoms with van der Waals surface area (Å²) < 4.78 is 0. The fourth-order valence-corrected chi connectivity index (χ4v) is 5.49. The van der Waals surface area contributed by atoms with Crippen LogP contribution in [0.1, 0.15) is 30.4 Å². The number of hydrogen-bond donors (Lipinski definition) is 2. The molecule has 2 aromatic carbocycles. The first-order chi connectivity index (χ1) is 14.7. The molecule has 3 aliphatic rings. The number of allylic oxidation sites excluding steroid dienone is 1. The number of rotatable bonds is 7. The highest BCUT2D eigenvalue weighted by atomic mass is 16.3. The van der Waals surface area contributed by atoms with E-state index in [2.05, 4.69) is 40.5 Å². The molecule has 1 saturated carbocycles. The lowest BCUT2D eigenvalue weighted by Gasteiger charge is -2.29. The van der Waals surface area contributed by atoms with Gasteiger partial charge >= 0.3 is 0 Å². The van der Waals surface area contributed by atoms with E-state index in [1.165, 1.54) is 5.56 Å². The smallest absolute Gasteiger partial charge is 0.261 e. The minimum absolute atomic E-state index is 0.270. The van der Waals surface area contributed by atoms with Crippen molar-refractivity contribution in [2.45, 2.75) is 31.4 Å². The first-order valence-electron chi connectivity index (χ1n) is 11.2. The molecule has 5 rings (SSSR count). The van der Waals surface area contributed by atoms with Crippen molar-refractivity contribution < 1.29 is 9.90 Å². The summed E-state index contributed by atoms with van der Waals surface area (Å²) in [4.78, 5) is 15.7. The molecule has 1 heterocycles. The van der Waals surface area contributed by atoms with Gasteiger partial charge in [0, 0.05) is 26.2 Å². The lowest BCUT2D eigenvalue weighted by Crippen LogP contribution is -2.46. The molecule has 2 unspecified atom stereocenters. The quantitative estimate of drug-likeness (QED) is 0.697. The van der Waals surface area contributed by atoms with Crippen molar-refractivity contribution in [3.05, 3.63) is 83.4 Å². The number of carbonyl (C=O) groups is 1. The van der Waals surface area contributed by atoms with Crippen LogP contribution in [0.15, 0.2) is 72.3 Å². The third-order valence-electron chi connectivity index (χ3n) is 7.22. The topological polar surface area (TPSA) is 52.6 Å². The van der Waals surface area contributed by atoms with Gasteiger partial charge in [0.2, 0.25) is 0 Å². The SMILES string of the molecule is O=C(NCC1C2CN(Cc3ccccc3)CC12)[C@@](O)(C1=CCCC1)c1ccccc1. The van der Waals surface area contributed by atoms with E-state index in [0.717, 1.165) is 44.5 Å². The number of piperidine rings is 1. The molecule has 1 amide bonds. The maximum absolute atomic E-state index is 13.2. The molecular formula is C26H30N2O2. The van der Waals surface area contributed by atoms with Gasteiger partial charge in [-0.15, -0.1) is 0 Å². The molecular weight excluding hydrogens is 372 g/mol. The molecule has 0 aromatic heterocycles. The van der Waals surface area contributed by atoms with Crippen molar-refractivity contribution in [1.29, 1.82) is 0 Å². The van der Waals surface area contributed by atoms with Crippen LogP contribution in [0.4, 0.5) is 0 Å². The van der Waals surface area contributed by atoms with Gasteiger partial charge in [0.05, 0.1) is 0 Å². The summed E-state index contributed by atoms with van der Waals surface area (Å²) >= 11 is 0. The Kier molecular flexibility index (Phi) is 5.21. The van der Waals surface area contributed by atoms with Crippen LogP contribution in [-0.2, 0) is 16.9 Å². The maximum atomic E-state index is 13.2. The van der Waals surface area contributed by atoms with E-state index in [-0.39, 0.29) is 5.91 Å². The predicted octanol–water partition coefficient (Wildman–Crippen LogP) is 3.48. The molecule has 156 valence electrons. The molecule has 2 aliphatic carbocycles. The molecule has 0 spiro atoms. The molecule has 2 N–H and O–H groups in total. The predicted molar refractivity (Wildman–Crippen MR) is 117 cm³/mol. The van der Waals surface area contributed by atoms with Crippen LogP contribution in [0.3, 0.4) is 0 Å². The molecule has 0 bridgehead atoms. The highest BCUT2D eigenvalue weighted by molar-refractivity contribution is 5.90. The summed E-state index contributed by atoms with van der Waals surface area (Å²) in [7, 11) is 0. The second-order valence-corrected chi connectivity index (χ2v) is 9.08. The van der Waals surface area contributed by atoms with E-state index in [1.54, 1.807) is 0 Å². The number of benzene rings is 2. The monoisotopic (exact) mass is 402 g/mol. The Labute approximate surface area is 178 Å². The second-order valence-electron chi connectivity index (χ2n) is 9.08. The zero-order chi connectivity index (χ0) is 20.6. The molecule has 2 fully saturated rings. The molecule has 0 radical (unpaired) electrons. The van der Waals surface area contributed by atoms with Crippen LogP contribution >= 0.6 is 0 Å². The third-order valence-corrected chi connectivity index (χ3v) is 7.22. The summed E-state index contributed by atoms with van der Waals surface area (Å²) in [6.07, 6.45) is 4.76. The van der Waals surface area contributed by atoms with Gasteiger partial charge in [-0.2, -0.15) is 0 Å². The highest BCUT2D eigenvalue weighted by Gasteiger charge is 2.55. The fourth-order valence-electron chi connectivity index (χ4n) is 5.49. The molecule has 3 atom stereocenters. The van der Waals surface area contributed by atoms with Crippen LogP contribution in [0.25, 0.3) is 0 Å². The van der Waals surface area contributed by atoms with Gasteiger partial charge in [0.25, 0.3) is 5.91 Å². The third kappa shape index (κ3) is 3.59. The van der Waals surface area contributed by atoms with Crippen molar-refractivity contribution in [1.82, 2.24) is 10.2 Å².